The molecule has 1 N–H and O–H groups in total. The van der Waals surface area contributed by atoms with E-state index < -0.39 is 0 Å². The van der Waals surface area contributed by atoms with Crippen LogP contribution in [0.1, 0.15) is 75.7 Å². The number of benzene rings is 2. The number of anilines is 1. The van der Waals surface area contributed by atoms with Gasteiger partial charge in [-0.25, -0.2) is 5.43 Å². The molecule has 2 aliphatic rings. The molecule has 1 fully saturated rings. The molecule has 186 valence electrons. The molecule has 0 atom stereocenters. The average molecular weight is 484 g/mol. The van der Waals surface area contributed by atoms with Gasteiger partial charge in [0.2, 0.25) is 0 Å². The highest BCUT2D eigenvalue weighted by atomic mass is 16.2. The SMILES string of the molecule is CN(C)/C=N/NC(=O)c1ccc2n1Cc1ccccc1N(C(=O)c1ccc(C3CCCCC3)cc1)C2. The number of amides is 2. The number of nitrogens with zero attached hydrogens (tertiary/aromatic N) is 4. The van der Waals surface area contributed by atoms with Crippen LogP contribution in [0.3, 0.4) is 0 Å². The van der Waals surface area contributed by atoms with Gasteiger partial charge < -0.3 is 14.4 Å². The summed E-state index contributed by atoms with van der Waals surface area (Å²) in [5.41, 5.74) is 7.89. The van der Waals surface area contributed by atoms with E-state index in [-0.39, 0.29) is 11.8 Å². The van der Waals surface area contributed by atoms with Crippen molar-refractivity contribution in [2.24, 2.45) is 5.10 Å². The van der Waals surface area contributed by atoms with Crippen LogP contribution in [0.4, 0.5) is 5.69 Å². The first-order valence-electron chi connectivity index (χ1n) is 12.7. The molecule has 1 aromatic heterocycles. The van der Waals surface area contributed by atoms with Gasteiger partial charge in [0.15, 0.2) is 0 Å². The van der Waals surface area contributed by atoms with Crippen LogP contribution in [-0.4, -0.2) is 41.7 Å². The van der Waals surface area contributed by atoms with E-state index in [0.717, 1.165) is 16.9 Å². The van der Waals surface area contributed by atoms with Crippen molar-refractivity contribution >= 4 is 23.8 Å². The molecule has 1 saturated carbocycles. The number of fused-ring (bicyclic) bond motifs is 2. The summed E-state index contributed by atoms with van der Waals surface area (Å²) in [7, 11) is 3.68. The van der Waals surface area contributed by atoms with Gasteiger partial charge in [-0.2, -0.15) is 5.10 Å². The maximum absolute atomic E-state index is 13.8. The van der Waals surface area contributed by atoms with Crippen LogP contribution in [0.5, 0.6) is 0 Å². The summed E-state index contributed by atoms with van der Waals surface area (Å²) in [4.78, 5) is 30.2. The van der Waals surface area contributed by atoms with E-state index in [1.54, 1.807) is 17.3 Å². The molecule has 3 aromatic rings. The summed E-state index contributed by atoms with van der Waals surface area (Å²) in [6.45, 7) is 0.886. The predicted octanol–water partition coefficient (Wildman–Crippen LogP) is 4.98. The molecule has 7 heteroatoms. The highest BCUT2D eigenvalue weighted by Crippen LogP contribution is 2.34. The van der Waals surface area contributed by atoms with Gasteiger partial charge in [-0.3, -0.25) is 9.59 Å². The monoisotopic (exact) mass is 483 g/mol. The first kappa shape index (κ1) is 23.9. The lowest BCUT2D eigenvalue weighted by Gasteiger charge is -2.24. The van der Waals surface area contributed by atoms with Gasteiger partial charge in [0.25, 0.3) is 11.8 Å². The van der Waals surface area contributed by atoms with Crippen molar-refractivity contribution < 1.29 is 9.59 Å². The molecular formula is C29H33N5O2. The Bertz CT molecular complexity index is 1270. The Kier molecular flexibility index (Phi) is 6.89. The number of hydrogen-bond donors (Lipinski definition) is 1. The zero-order chi connectivity index (χ0) is 25.1. The quantitative estimate of drug-likeness (QED) is 0.316. The first-order chi connectivity index (χ1) is 17.5. The fraction of sp³-hybridized carbons (Fsp3) is 0.345. The Balaban J connectivity index is 1.42. The number of hydrogen-bond acceptors (Lipinski definition) is 3. The van der Waals surface area contributed by atoms with E-state index in [0.29, 0.717) is 30.3 Å². The Morgan fingerprint density at radius 3 is 2.44 bits per heavy atom. The number of hydrazone groups is 1. The standard InChI is InChI=1S/C29H33N5O2/c1-32(2)20-30-31-28(35)27-17-16-25-19-34(26-11-7-6-10-24(26)18-33(25)27)29(36)23-14-12-22(13-15-23)21-8-4-3-5-9-21/h6-7,10-17,20-21H,3-5,8-9,18-19H2,1-2H3,(H,31,35)/b30-20+. The molecule has 0 bridgehead atoms. The Morgan fingerprint density at radius 2 is 1.69 bits per heavy atom. The van der Waals surface area contributed by atoms with Crippen molar-refractivity contribution in [1.82, 2.24) is 14.9 Å². The van der Waals surface area contributed by atoms with E-state index >= 15 is 0 Å². The third-order valence-electron chi connectivity index (χ3n) is 7.17. The third kappa shape index (κ3) is 4.91. The van der Waals surface area contributed by atoms with Crippen LogP contribution in [0, 0.1) is 0 Å². The molecule has 2 heterocycles. The van der Waals surface area contributed by atoms with Crippen LogP contribution < -0.4 is 10.3 Å². The Hall–Kier alpha value is -3.87. The Morgan fingerprint density at radius 1 is 0.944 bits per heavy atom. The summed E-state index contributed by atoms with van der Waals surface area (Å²) >= 11 is 0. The van der Waals surface area contributed by atoms with E-state index in [2.05, 4.69) is 22.7 Å². The van der Waals surface area contributed by atoms with Crippen LogP contribution in [0.25, 0.3) is 0 Å². The molecule has 0 saturated heterocycles. The van der Waals surface area contributed by atoms with Crippen LogP contribution in [0.15, 0.2) is 65.8 Å². The van der Waals surface area contributed by atoms with Gasteiger partial charge >= 0.3 is 0 Å². The molecule has 7 nitrogen and oxygen atoms in total. The predicted molar refractivity (Wildman–Crippen MR) is 142 cm³/mol. The van der Waals surface area contributed by atoms with Crippen molar-refractivity contribution in [2.75, 3.05) is 19.0 Å². The van der Waals surface area contributed by atoms with E-state index in [9.17, 15) is 9.59 Å². The minimum Gasteiger partial charge on any atom is -0.367 e. The van der Waals surface area contributed by atoms with Gasteiger partial charge in [-0.1, -0.05) is 49.6 Å². The second kappa shape index (κ2) is 10.4. The summed E-state index contributed by atoms with van der Waals surface area (Å²) in [6, 6.07) is 19.8. The van der Waals surface area contributed by atoms with Crippen LogP contribution in [-0.2, 0) is 13.1 Å². The molecule has 5 rings (SSSR count). The molecular weight excluding hydrogens is 450 g/mol. The van der Waals surface area contributed by atoms with Crippen LogP contribution >= 0.6 is 0 Å². The molecule has 0 unspecified atom stereocenters. The molecule has 36 heavy (non-hydrogen) atoms. The third-order valence-corrected chi connectivity index (χ3v) is 7.17. The van der Waals surface area contributed by atoms with E-state index in [4.69, 9.17) is 0 Å². The van der Waals surface area contributed by atoms with Crippen molar-refractivity contribution in [3.05, 3.63) is 88.7 Å². The second-order valence-corrected chi connectivity index (χ2v) is 9.92. The van der Waals surface area contributed by atoms with Gasteiger partial charge in [0, 0.05) is 31.0 Å². The Labute approximate surface area is 212 Å². The number of carbonyl (C=O) groups is 2. The fourth-order valence-corrected chi connectivity index (χ4v) is 5.29. The van der Waals surface area contributed by atoms with Gasteiger partial charge in [0.1, 0.15) is 12.0 Å². The number of para-hydroxylation sites is 1. The summed E-state index contributed by atoms with van der Waals surface area (Å²) in [5, 5.41) is 3.99. The number of aromatic nitrogens is 1. The first-order valence-corrected chi connectivity index (χ1v) is 12.7. The summed E-state index contributed by atoms with van der Waals surface area (Å²) in [5.74, 6) is 0.292. The van der Waals surface area contributed by atoms with Crippen molar-refractivity contribution in [1.29, 1.82) is 0 Å². The summed E-state index contributed by atoms with van der Waals surface area (Å²) in [6.07, 6.45) is 7.92. The average Bonchev–Trinajstić information content (AvgIpc) is 3.22. The smallest absolute Gasteiger partial charge is 0.288 e. The van der Waals surface area contributed by atoms with Crippen molar-refractivity contribution in [3.63, 3.8) is 0 Å². The van der Waals surface area contributed by atoms with Gasteiger partial charge in [-0.05, 0) is 60.2 Å². The molecule has 0 radical (unpaired) electrons. The largest absolute Gasteiger partial charge is 0.367 e. The van der Waals surface area contributed by atoms with E-state index in [1.165, 1.54) is 37.7 Å². The number of nitrogens with one attached hydrogen (secondary N) is 1. The minimum atomic E-state index is -0.282. The zero-order valence-electron chi connectivity index (χ0n) is 21.0. The highest BCUT2D eigenvalue weighted by Gasteiger charge is 2.27. The van der Waals surface area contributed by atoms with Crippen molar-refractivity contribution in [2.45, 2.75) is 51.1 Å². The molecule has 0 spiro atoms. The lowest BCUT2D eigenvalue weighted by atomic mass is 9.84. The van der Waals surface area contributed by atoms with Gasteiger partial charge in [0.05, 0.1) is 13.1 Å². The molecule has 1 aliphatic carbocycles. The topological polar surface area (TPSA) is 69.9 Å². The number of rotatable bonds is 5. The highest BCUT2D eigenvalue weighted by molar-refractivity contribution is 6.06. The minimum absolute atomic E-state index is 0.0334. The molecule has 1 aliphatic heterocycles. The van der Waals surface area contributed by atoms with E-state index in [1.807, 2.05) is 66.0 Å². The molecule has 2 amide bonds. The van der Waals surface area contributed by atoms with Crippen LogP contribution in [0.2, 0.25) is 0 Å². The summed E-state index contributed by atoms with van der Waals surface area (Å²) < 4.78 is 1.97. The van der Waals surface area contributed by atoms with Gasteiger partial charge in [-0.15, -0.1) is 0 Å². The molecule has 2 aromatic carbocycles. The zero-order valence-corrected chi connectivity index (χ0v) is 21.0. The maximum atomic E-state index is 13.8. The lowest BCUT2D eigenvalue weighted by molar-refractivity contribution is 0.0945. The number of carbonyl (C=O) groups excluding carboxylic acids is 2. The normalized spacial score (nSPS) is 15.8. The maximum Gasteiger partial charge on any atom is 0.288 e. The lowest BCUT2D eigenvalue weighted by Crippen LogP contribution is -2.30. The van der Waals surface area contributed by atoms with Crippen molar-refractivity contribution in [3.8, 4) is 0 Å². The fourth-order valence-electron chi connectivity index (χ4n) is 5.29. The second-order valence-electron chi connectivity index (χ2n) is 9.92.